The molecule has 1 nitrogen and oxygen atoms in total. The molecule has 78 valence electrons. The Labute approximate surface area is 78.7 Å². The zero-order chi connectivity index (χ0) is 10.7. The summed E-state index contributed by atoms with van der Waals surface area (Å²) in [6, 6.07) is 1.89. The molecule has 0 saturated heterocycles. The Hall–Kier alpha value is -1.26. The van der Waals surface area contributed by atoms with Crippen LogP contribution in [0.3, 0.4) is 0 Å². The second-order valence-corrected chi connectivity index (χ2v) is 2.86. The summed E-state index contributed by atoms with van der Waals surface area (Å²) >= 11 is 0. The molecule has 1 aromatic carbocycles. The summed E-state index contributed by atoms with van der Waals surface area (Å²) in [6.45, 7) is 1.15. The van der Waals surface area contributed by atoms with Gasteiger partial charge in [-0.25, -0.2) is 17.6 Å². The van der Waals surface area contributed by atoms with E-state index in [4.69, 9.17) is 0 Å². The van der Waals surface area contributed by atoms with Gasteiger partial charge in [0.15, 0.2) is 0 Å². The number of anilines is 1. The molecular weight excluding hydrogens is 198 g/mol. The van der Waals surface area contributed by atoms with Crippen molar-refractivity contribution in [2.45, 2.75) is 19.4 Å². The minimum absolute atomic E-state index is 0.514. The smallest absolute Gasteiger partial charge is 0.258 e. The molecule has 0 radical (unpaired) electrons. The molecule has 0 aliphatic rings. The maximum Gasteiger partial charge on any atom is 0.258 e. The third-order valence-corrected chi connectivity index (χ3v) is 1.71. The summed E-state index contributed by atoms with van der Waals surface area (Å²) in [5.41, 5.74) is -0.514. The van der Waals surface area contributed by atoms with Crippen LogP contribution in [0.25, 0.3) is 0 Å². The average molecular weight is 207 g/mol. The summed E-state index contributed by atoms with van der Waals surface area (Å²) in [7, 11) is 0. The fourth-order valence-electron chi connectivity index (χ4n) is 0.926. The monoisotopic (exact) mass is 207 g/mol. The van der Waals surface area contributed by atoms with Crippen molar-refractivity contribution in [2.75, 3.05) is 5.32 Å². The van der Waals surface area contributed by atoms with Gasteiger partial charge in [-0.2, -0.15) is 0 Å². The largest absolute Gasteiger partial charge is 0.372 e. The maximum atomic E-state index is 12.9. The number of para-hydroxylation sites is 1. The van der Waals surface area contributed by atoms with Crippen LogP contribution in [0.2, 0.25) is 0 Å². The van der Waals surface area contributed by atoms with E-state index in [0.717, 1.165) is 19.1 Å². The van der Waals surface area contributed by atoms with Crippen LogP contribution in [0.1, 0.15) is 6.92 Å². The molecule has 0 fully saturated rings. The van der Waals surface area contributed by atoms with Crippen LogP contribution < -0.4 is 5.32 Å². The third-order valence-electron chi connectivity index (χ3n) is 1.71. The van der Waals surface area contributed by atoms with Gasteiger partial charge in [-0.05, 0) is 19.1 Å². The van der Waals surface area contributed by atoms with Gasteiger partial charge in [0.2, 0.25) is 0 Å². The first kappa shape index (κ1) is 10.8. The van der Waals surface area contributed by atoms with Gasteiger partial charge in [0.25, 0.3) is 6.43 Å². The minimum Gasteiger partial charge on any atom is -0.372 e. The number of benzene rings is 1. The van der Waals surface area contributed by atoms with E-state index in [9.17, 15) is 17.6 Å². The molecule has 1 N–H and O–H groups in total. The fourth-order valence-corrected chi connectivity index (χ4v) is 0.926. The number of nitrogens with one attached hydrogen (secondary N) is 1. The van der Waals surface area contributed by atoms with Crippen molar-refractivity contribution in [1.82, 2.24) is 0 Å². The maximum absolute atomic E-state index is 12.9. The summed E-state index contributed by atoms with van der Waals surface area (Å²) in [4.78, 5) is 0. The summed E-state index contributed by atoms with van der Waals surface area (Å²) < 4.78 is 50.0. The van der Waals surface area contributed by atoms with E-state index in [1.54, 1.807) is 0 Å². The highest BCUT2D eigenvalue weighted by Gasteiger charge is 2.17. The number of hydrogen-bond acceptors (Lipinski definition) is 1. The van der Waals surface area contributed by atoms with Crippen molar-refractivity contribution < 1.29 is 17.6 Å². The number of alkyl halides is 2. The number of hydrogen-bond donors (Lipinski definition) is 1. The van der Waals surface area contributed by atoms with Gasteiger partial charge in [-0.1, -0.05) is 6.07 Å². The third kappa shape index (κ3) is 2.37. The SMILES string of the molecule is CC(Nc1c(F)cccc1F)C(F)F. The number of rotatable bonds is 3. The first-order valence-corrected chi connectivity index (χ1v) is 4.01. The van der Waals surface area contributed by atoms with Gasteiger partial charge in [0, 0.05) is 0 Å². The first-order valence-electron chi connectivity index (χ1n) is 4.01. The predicted molar refractivity (Wildman–Crippen MR) is 45.4 cm³/mol. The Balaban J connectivity index is 2.85. The van der Waals surface area contributed by atoms with E-state index in [0.29, 0.717) is 0 Å². The Bertz CT molecular complexity index is 293. The molecule has 0 aliphatic heterocycles. The van der Waals surface area contributed by atoms with Crippen LogP contribution in [0.15, 0.2) is 18.2 Å². The van der Waals surface area contributed by atoms with Crippen molar-refractivity contribution in [3.05, 3.63) is 29.8 Å². The van der Waals surface area contributed by atoms with Crippen molar-refractivity contribution in [3.8, 4) is 0 Å². The molecule has 0 heterocycles. The summed E-state index contributed by atoms with van der Waals surface area (Å²) in [6.07, 6.45) is -2.67. The molecule has 1 atom stereocenters. The highest BCUT2D eigenvalue weighted by molar-refractivity contribution is 5.46. The molecular formula is C9H9F4N. The molecule has 14 heavy (non-hydrogen) atoms. The summed E-state index contributed by atoms with van der Waals surface area (Å²) in [5, 5.41) is 2.08. The Morgan fingerprint density at radius 2 is 1.64 bits per heavy atom. The van der Waals surface area contributed by atoms with E-state index in [1.807, 2.05) is 0 Å². The predicted octanol–water partition coefficient (Wildman–Crippen LogP) is 3.03. The highest BCUT2D eigenvalue weighted by atomic mass is 19.3. The lowest BCUT2D eigenvalue weighted by Gasteiger charge is -2.14. The highest BCUT2D eigenvalue weighted by Crippen LogP contribution is 2.20. The lowest BCUT2D eigenvalue weighted by Crippen LogP contribution is -2.24. The number of halogens is 4. The molecule has 1 unspecified atom stereocenters. The second kappa shape index (κ2) is 4.30. The van der Waals surface area contributed by atoms with Crippen LogP contribution in [0.5, 0.6) is 0 Å². The molecule has 5 heteroatoms. The van der Waals surface area contributed by atoms with Crippen LogP contribution >= 0.6 is 0 Å². The Morgan fingerprint density at radius 1 is 1.14 bits per heavy atom. The topological polar surface area (TPSA) is 12.0 Å². The molecule has 0 amide bonds. The first-order chi connectivity index (χ1) is 6.52. The van der Waals surface area contributed by atoms with Crippen molar-refractivity contribution in [1.29, 1.82) is 0 Å². The summed E-state index contributed by atoms with van der Waals surface area (Å²) in [5.74, 6) is -1.75. The van der Waals surface area contributed by atoms with Crippen LogP contribution in [-0.4, -0.2) is 12.5 Å². The minimum atomic E-state index is -2.67. The Morgan fingerprint density at radius 3 is 2.07 bits per heavy atom. The lowest BCUT2D eigenvalue weighted by atomic mass is 10.2. The van der Waals surface area contributed by atoms with E-state index in [2.05, 4.69) is 5.32 Å². The van der Waals surface area contributed by atoms with Gasteiger partial charge >= 0.3 is 0 Å². The van der Waals surface area contributed by atoms with Gasteiger partial charge in [0.1, 0.15) is 17.3 Å². The van der Waals surface area contributed by atoms with E-state index in [1.165, 1.54) is 6.07 Å². The molecule has 1 aromatic rings. The van der Waals surface area contributed by atoms with Crippen LogP contribution in [0.4, 0.5) is 23.2 Å². The molecule has 1 rings (SSSR count). The van der Waals surface area contributed by atoms with Crippen molar-refractivity contribution in [2.24, 2.45) is 0 Å². The average Bonchev–Trinajstić information content (AvgIpc) is 2.11. The van der Waals surface area contributed by atoms with Gasteiger partial charge < -0.3 is 5.32 Å². The molecule has 0 aliphatic carbocycles. The van der Waals surface area contributed by atoms with E-state index in [-0.39, 0.29) is 0 Å². The van der Waals surface area contributed by atoms with Crippen molar-refractivity contribution in [3.63, 3.8) is 0 Å². The van der Waals surface area contributed by atoms with Gasteiger partial charge in [0.05, 0.1) is 6.04 Å². The molecule has 0 aromatic heterocycles. The van der Waals surface area contributed by atoms with E-state index >= 15 is 0 Å². The van der Waals surface area contributed by atoms with Crippen LogP contribution in [0, 0.1) is 11.6 Å². The van der Waals surface area contributed by atoms with Crippen molar-refractivity contribution >= 4 is 5.69 Å². The fraction of sp³-hybridized carbons (Fsp3) is 0.333. The quantitative estimate of drug-likeness (QED) is 0.751. The van der Waals surface area contributed by atoms with E-state index < -0.39 is 29.8 Å². The molecule has 0 spiro atoms. The lowest BCUT2D eigenvalue weighted by molar-refractivity contribution is 0.130. The van der Waals surface area contributed by atoms with Crippen LogP contribution in [-0.2, 0) is 0 Å². The zero-order valence-electron chi connectivity index (χ0n) is 7.40. The molecule has 0 saturated carbocycles. The second-order valence-electron chi connectivity index (χ2n) is 2.86. The standard InChI is InChI=1S/C9H9F4N/c1-5(9(12)13)14-8-6(10)3-2-4-7(8)11/h2-5,9,14H,1H3. The zero-order valence-corrected chi connectivity index (χ0v) is 7.40. The molecule has 0 bridgehead atoms. The normalized spacial score (nSPS) is 13.0. The van der Waals surface area contributed by atoms with Gasteiger partial charge in [-0.3, -0.25) is 0 Å². The Kier molecular flexibility index (Phi) is 3.33. The van der Waals surface area contributed by atoms with Gasteiger partial charge in [-0.15, -0.1) is 0 Å².